The van der Waals surface area contributed by atoms with Crippen molar-refractivity contribution in [2.45, 2.75) is 30.1 Å². The van der Waals surface area contributed by atoms with Crippen LogP contribution in [0.4, 0.5) is 35.1 Å². The van der Waals surface area contributed by atoms with Crippen molar-refractivity contribution in [2.75, 3.05) is 6.61 Å². The van der Waals surface area contributed by atoms with Gasteiger partial charge in [0.25, 0.3) is 0 Å². The van der Waals surface area contributed by atoms with Crippen LogP contribution in [0.2, 0.25) is 0 Å². The Bertz CT molecular complexity index is 324. The first kappa shape index (κ1) is 17.2. The summed E-state index contributed by atoms with van der Waals surface area (Å²) in [5, 5.41) is -5.98. The molecule has 0 aromatic rings. The van der Waals surface area contributed by atoms with E-state index in [4.69, 9.17) is 0 Å². The molecule has 2 nitrogen and oxygen atoms in total. The summed E-state index contributed by atoms with van der Waals surface area (Å²) >= 11 is 3.65. The van der Waals surface area contributed by atoms with Gasteiger partial charge in [0.2, 0.25) is 0 Å². The number of carbonyl (C=O) groups excluding carboxylic acids is 1. The van der Waals surface area contributed by atoms with E-state index in [2.05, 4.69) is 16.3 Å². The Labute approximate surface area is 99.8 Å². The lowest BCUT2D eigenvalue weighted by Crippen LogP contribution is -2.63. The van der Waals surface area contributed by atoms with Gasteiger partial charge in [-0.2, -0.15) is 35.1 Å². The number of ether oxygens (including phenoxy) is 1. The van der Waals surface area contributed by atoms with E-state index in [0.717, 1.165) is 6.92 Å². The molecule has 0 N–H and O–H groups in total. The van der Waals surface area contributed by atoms with E-state index in [1.807, 2.05) is 0 Å². The van der Waals surface area contributed by atoms with E-state index in [-0.39, 0.29) is 0 Å². The summed E-state index contributed by atoms with van der Waals surface area (Å²) in [5.41, 5.74) is 0. The first-order valence-electron chi connectivity index (χ1n) is 4.10. The van der Waals surface area contributed by atoms with Gasteiger partial charge >= 0.3 is 29.1 Å². The molecular weight excluding hydrogens is 304 g/mol. The van der Waals surface area contributed by atoms with Crippen molar-refractivity contribution >= 4 is 17.6 Å². The van der Waals surface area contributed by atoms with E-state index in [0.29, 0.717) is 0 Å². The highest BCUT2D eigenvalue weighted by molar-refractivity contribution is 6.22. The summed E-state index contributed by atoms with van der Waals surface area (Å²) in [7, 11) is 0. The Kier molecular flexibility index (Phi) is 4.50. The van der Waals surface area contributed by atoms with Crippen LogP contribution in [0.15, 0.2) is 0 Å². The van der Waals surface area contributed by atoms with Crippen LogP contribution < -0.4 is 0 Å². The highest BCUT2D eigenvalue weighted by atomic mass is 35.5. The summed E-state index contributed by atoms with van der Waals surface area (Å²) in [6.07, 6.45) is 0. The van der Waals surface area contributed by atoms with E-state index >= 15 is 0 Å². The maximum absolute atomic E-state index is 12.7. The average molecular weight is 309 g/mol. The quantitative estimate of drug-likeness (QED) is 0.442. The van der Waals surface area contributed by atoms with Crippen molar-refractivity contribution in [3.05, 3.63) is 0 Å². The van der Waals surface area contributed by atoms with Crippen LogP contribution in [-0.4, -0.2) is 35.7 Å². The summed E-state index contributed by atoms with van der Waals surface area (Å²) in [6.45, 7) is 0.0771. The lowest BCUT2D eigenvalue weighted by Gasteiger charge is -2.32. The third-order valence-corrected chi connectivity index (χ3v) is 1.91. The van der Waals surface area contributed by atoms with Gasteiger partial charge in [0.1, 0.15) is 0 Å². The molecule has 0 aliphatic rings. The molecular formula is C7H5ClF8O2. The molecule has 0 aromatic heterocycles. The van der Waals surface area contributed by atoms with Crippen LogP contribution in [0.25, 0.3) is 0 Å². The molecule has 0 saturated heterocycles. The molecule has 0 unspecified atom stereocenters. The maximum Gasteiger partial charge on any atom is 0.411 e. The monoisotopic (exact) mass is 308 g/mol. The fourth-order valence-corrected chi connectivity index (χ4v) is 0.844. The molecule has 0 fully saturated rings. The first-order valence-corrected chi connectivity index (χ1v) is 4.48. The van der Waals surface area contributed by atoms with Crippen LogP contribution in [0.3, 0.4) is 0 Å². The number of esters is 1. The number of hydrogen-bond acceptors (Lipinski definition) is 2. The van der Waals surface area contributed by atoms with Gasteiger partial charge in [-0.3, -0.25) is 0 Å². The van der Waals surface area contributed by atoms with Gasteiger partial charge in [-0.1, -0.05) is 0 Å². The Morgan fingerprint density at radius 1 is 1.00 bits per heavy atom. The molecule has 108 valence electrons. The zero-order valence-electron chi connectivity index (χ0n) is 8.43. The Morgan fingerprint density at radius 2 is 1.39 bits per heavy atom. The molecule has 18 heavy (non-hydrogen) atoms. The molecule has 0 rings (SSSR count). The SMILES string of the molecule is CCOC(=O)C(F)(F)C(F)(F)C(F)(F)C(F)(F)Cl. The van der Waals surface area contributed by atoms with Crippen molar-refractivity contribution in [3.8, 4) is 0 Å². The highest BCUT2D eigenvalue weighted by Crippen LogP contribution is 2.54. The topological polar surface area (TPSA) is 26.3 Å². The molecule has 0 aliphatic heterocycles. The van der Waals surface area contributed by atoms with Crippen LogP contribution >= 0.6 is 11.6 Å². The van der Waals surface area contributed by atoms with E-state index in [9.17, 15) is 39.9 Å². The number of rotatable bonds is 5. The van der Waals surface area contributed by atoms with E-state index in [1.165, 1.54) is 0 Å². The van der Waals surface area contributed by atoms with Crippen molar-refractivity contribution in [1.29, 1.82) is 0 Å². The first-order chi connectivity index (χ1) is 7.73. The lowest BCUT2D eigenvalue weighted by molar-refractivity contribution is -0.342. The molecule has 0 aromatic carbocycles. The van der Waals surface area contributed by atoms with Gasteiger partial charge in [-0.05, 0) is 18.5 Å². The summed E-state index contributed by atoms with van der Waals surface area (Å²) in [4.78, 5) is 10.4. The second-order valence-electron chi connectivity index (χ2n) is 2.94. The molecule has 0 heterocycles. The van der Waals surface area contributed by atoms with Gasteiger partial charge in [0, 0.05) is 0 Å². The summed E-state index contributed by atoms with van der Waals surface area (Å²) in [6, 6.07) is 0. The molecule has 0 radical (unpaired) electrons. The molecule has 0 saturated carbocycles. The molecule has 0 spiro atoms. The Hall–Kier alpha value is -0.800. The van der Waals surface area contributed by atoms with Crippen molar-refractivity contribution in [3.63, 3.8) is 0 Å². The largest absolute Gasteiger partial charge is 0.461 e. The second kappa shape index (κ2) is 4.71. The zero-order chi connectivity index (χ0) is 15.0. The fourth-order valence-electron chi connectivity index (χ4n) is 0.725. The van der Waals surface area contributed by atoms with Crippen LogP contribution in [0.5, 0.6) is 0 Å². The molecule has 11 heteroatoms. The third-order valence-electron chi connectivity index (χ3n) is 1.68. The summed E-state index contributed by atoms with van der Waals surface area (Å²) in [5.74, 6) is -22.6. The standard InChI is InChI=1S/C7H5ClF8O2/c1-2-18-3(17)4(9,10)5(11,12)6(13,14)7(8,15)16/h2H2,1H3. The predicted molar refractivity (Wildman–Crippen MR) is 42.3 cm³/mol. The minimum Gasteiger partial charge on any atom is -0.461 e. The molecule has 0 amide bonds. The van der Waals surface area contributed by atoms with Crippen molar-refractivity contribution < 1.29 is 44.7 Å². The number of halogens is 9. The van der Waals surface area contributed by atoms with Gasteiger partial charge in [0.05, 0.1) is 6.61 Å². The average Bonchev–Trinajstić information content (AvgIpc) is 2.15. The van der Waals surface area contributed by atoms with E-state index < -0.39 is 35.7 Å². The normalized spacial score (nSPS) is 14.6. The zero-order valence-corrected chi connectivity index (χ0v) is 9.18. The van der Waals surface area contributed by atoms with Crippen LogP contribution in [0, 0.1) is 0 Å². The summed E-state index contributed by atoms with van der Waals surface area (Å²) < 4.78 is 103. The maximum atomic E-state index is 12.7. The Balaban J connectivity index is 5.57. The minimum atomic E-state index is -6.72. The van der Waals surface area contributed by atoms with Crippen molar-refractivity contribution in [2.24, 2.45) is 0 Å². The van der Waals surface area contributed by atoms with Gasteiger partial charge < -0.3 is 4.74 Å². The highest BCUT2D eigenvalue weighted by Gasteiger charge is 2.83. The second-order valence-corrected chi connectivity index (χ2v) is 3.42. The fraction of sp³-hybridized carbons (Fsp3) is 0.857. The van der Waals surface area contributed by atoms with Gasteiger partial charge in [-0.15, -0.1) is 0 Å². The lowest BCUT2D eigenvalue weighted by atomic mass is 10.0. The third kappa shape index (κ3) is 2.47. The smallest absolute Gasteiger partial charge is 0.411 e. The van der Waals surface area contributed by atoms with Gasteiger partial charge in [0.15, 0.2) is 0 Å². The number of hydrogen-bond donors (Lipinski definition) is 0. The van der Waals surface area contributed by atoms with Crippen molar-refractivity contribution in [1.82, 2.24) is 0 Å². The molecule has 0 atom stereocenters. The van der Waals surface area contributed by atoms with Gasteiger partial charge in [-0.25, -0.2) is 4.79 Å². The van der Waals surface area contributed by atoms with Crippen LogP contribution in [-0.2, 0) is 9.53 Å². The minimum absolute atomic E-state index is 0.840. The number of carbonyl (C=O) groups is 1. The Morgan fingerprint density at radius 3 is 1.67 bits per heavy atom. The van der Waals surface area contributed by atoms with Crippen LogP contribution in [0.1, 0.15) is 6.92 Å². The molecule has 0 bridgehead atoms. The predicted octanol–water partition coefficient (Wildman–Crippen LogP) is 3.29. The van der Waals surface area contributed by atoms with E-state index in [1.54, 1.807) is 0 Å². The molecule has 0 aliphatic carbocycles. The number of alkyl halides is 9.